The Morgan fingerprint density at radius 3 is 2.76 bits per heavy atom. The van der Waals surface area contributed by atoms with Crippen LogP contribution >= 0.6 is 0 Å². The Bertz CT molecular complexity index is 421. The maximum absolute atomic E-state index is 10.8. The van der Waals surface area contributed by atoms with Gasteiger partial charge in [-0.25, -0.2) is 0 Å². The maximum Gasteiger partial charge on any atom is 0.306 e. The second-order valence-electron chi connectivity index (χ2n) is 4.98. The van der Waals surface area contributed by atoms with Crippen molar-refractivity contribution in [2.24, 2.45) is 18.9 Å². The van der Waals surface area contributed by atoms with E-state index in [0.29, 0.717) is 5.92 Å². The molecular weight excluding hydrogens is 218 g/mol. The lowest BCUT2D eigenvalue weighted by Crippen LogP contribution is -2.50. The molecule has 1 atom stereocenters. The predicted octanol–water partition coefficient (Wildman–Crippen LogP) is 0.881. The summed E-state index contributed by atoms with van der Waals surface area (Å²) >= 11 is 0. The van der Waals surface area contributed by atoms with Crippen LogP contribution in [0, 0.1) is 18.8 Å². The van der Waals surface area contributed by atoms with E-state index in [1.54, 1.807) is 6.92 Å². The van der Waals surface area contributed by atoms with E-state index in [9.17, 15) is 4.79 Å². The van der Waals surface area contributed by atoms with Crippen molar-refractivity contribution in [3.8, 4) is 0 Å². The number of nitrogens with zero attached hydrogens (tertiary/aromatic N) is 3. The van der Waals surface area contributed by atoms with Crippen molar-refractivity contribution < 1.29 is 9.90 Å². The Hall–Kier alpha value is -1.36. The molecule has 2 heterocycles. The Kier molecular flexibility index (Phi) is 3.19. The van der Waals surface area contributed by atoms with E-state index in [4.69, 9.17) is 5.11 Å². The van der Waals surface area contributed by atoms with Gasteiger partial charge < -0.3 is 5.11 Å². The molecule has 0 aliphatic carbocycles. The van der Waals surface area contributed by atoms with Crippen LogP contribution in [0.5, 0.6) is 0 Å². The van der Waals surface area contributed by atoms with E-state index in [1.165, 1.54) is 5.69 Å². The fourth-order valence-corrected chi connectivity index (χ4v) is 2.30. The molecule has 0 aromatic carbocycles. The molecule has 0 bridgehead atoms. The largest absolute Gasteiger partial charge is 0.481 e. The third kappa shape index (κ3) is 2.49. The topological polar surface area (TPSA) is 58.4 Å². The van der Waals surface area contributed by atoms with E-state index >= 15 is 0 Å². The molecule has 0 spiro atoms. The Labute approximate surface area is 101 Å². The van der Waals surface area contributed by atoms with Gasteiger partial charge in [0.15, 0.2) is 0 Å². The van der Waals surface area contributed by atoms with Gasteiger partial charge in [-0.2, -0.15) is 5.10 Å². The third-order valence-electron chi connectivity index (χ3n) is 3.57. The van der Waals surface area contributed by atoms with Crippen molar-refractivity contribution in [2.75, 3.05) is 13.1 Å². The zero-order chi connectivity index (χ0) is 12.6. The lowest BCUT2D eigenvalue weighted by molar-refractivity contribution is -0.145. The van der Waals surface area contributed by atoms with E-state index in [1.807, 2.05) is 18.7 Å². The van der Waals surface area contributed by atoms with Crippen molar-refractivity contribution in [3.05, 3.63) is 17.5 Å². The van der Waals surface area contributed by atoms with E-state index in [-0.39, 0.29) is 5.92 Å². The van der Waals surface area contributed by atoms with Crippen molar-refractivity contribution in [2.45, 2.75) is 20.4 Å². The average molecular weight is 237 g/mol. The zero-order valence-electron chi connectivity index (χ0n) is 10.6. The number of carbonyl (C=O) groups is 1. The summed E-state index contributed by atoms with van der Waals surface area (Å²) in [5.74, 6) is -0.632. The molecule has 5 heteroatoms. The lowest BCUT2D eigenvalue weighted by atomic mass is 9.87. The first-order valence-electron chi connectivity index (χ1n) is 5.92. The molecule has 1 saturated heterocycles. The van der Waals surface area contributed by atoms with Crippen LogP contribution in [0.1, 0.15) is 18.3 Å². The molecule has 0 radical (unpaired) electrons. The van der Waals surface area contributed by atoms with Crippen molar-refractivity contribution in [1.82, 2.24) is 14.7 Å². The average Bonchev–Trinajstić information content (AvgIpc) is 2.49. The summed E-state index contributed by atoms with van der Waals surface area (Å²) in [5.41, 5.74) is 2.21. The highest BCUT2D eigenvalue weighted by molar-refractivity contribution is 5.70. The molecule has 1 aliphatic heterocycles. The summed E-state index contributed by atoms with van der Waals surface area (Å²) < 4.78 is 1.89. The highest BCUT2D eigenvalue weighted by atomic mass is 16.4. The Balaban J connectivity index is 1.85. The molecular formula is C12H19N3O2. The van der Waals surface area contributed by atoms with Crippen LogP contribution in [0.3, 0.4) is 0 Å². The number of likely N-dealkylation sites (tertiary alicyclic amines) is 1. The van der Waals surface area contributed by atoms with E-state index in [2.05, 4.69) is 16.1 Å². The van der Waals surface area contributed by atoms with Gasteiger partial charge in [-0.3, -0.25) is 14.4 Å². The van der Waals surface area contributed by atoms with Crippen molar-refractivity contribution in [1.29, 1.82) is 0 Å². The van der Waals surface area contributed by atoms with Gasteiger partial charge >= 0.3 is 5.97 Å². The van der Waals surface area contributed by atoms with Crippen LogP contribution in [-0.4, -0.2) is 38.8 Å². The molecule has 0 saturated carbocycles. The highest BCUT2D eigenvalue weighted by Gasteiger charge is 2.34. The third-order valence-corrected chi connectivity index (χ3v) is 3.57. The minimum atomic E-state index is -0.689. The summed E-state index contributed by atoms with van der Waals surface area (Å²) in [6, 6.07) is 2.08. The molecule has 17 heavy (non-hydrogen) atoms. The van der Waals surface area contributed by atoms with Crippen molar-refractivity contribution >= 4 is 5.97 Å². The quantitative estimate of drug-likeness (QED) is 0.844. The number of rotatable bonds is 4. The number of aliphatic carboxylic acids is 1. The predicted molar refractivity (Wildman–Crippen MR) is 63.5 cm³/mol. The number of carboxylic acids is 1. The van der Waals surface area contributed by atoms with Crippen LogP contribution in [0.25, 0.3) is 0 Å². The van der Waals surface area contributed by atoms with Gasteiger partial charge in [0, 0.05) is 26.7 Å². The second kappa shape index (κ2) is 4.49. The molecule has 94 valence electrons. The van der Waals surface area contributed by atoms with Gasteiger partial charge in [0.2, 0.25) is 0 Å². The fourth-order valence-electron chi connectivity index (χ4n) is 2.30. The molecule has 1 fully saturated rings. The van der Waals surface area contributed by atoms with Crippen LogP contribution in [0.4, 0.5) is 0 Å². The molecule has 2 rings (SSSR count). The summed E-state index contributed by atoms with van der Waals surface area (Å²) in [6.45, 7) is 6.38. The Morgan fingerprint density at radius 2 is 2.29 bits per heavy atom. The van der Waals surface area contributed by atoms with Gasteiger partial charge in [-0.05, 0) is 18.9 Å². The van der Waals surface area contributed by atoms with Crippen LogP contribution in [-0.2, 0) is 18.4 Å². The van der Waals surface area contributed by atoms with Gasteiger partial charge in [-0.1, -0.05) is 6.92 Å². The minimum absolute atomic E-state index is 0.237. The normalized spacial score (nSPS) is 19.0. The molecule has 1 aromatic rings. The summed E-state index contributed by atoms with van der Waals surface area (Å²) in [5, 5.41) is 13.2. The molecule has 5 nitrogen and oxygen atoms in total. The summed E-state index contributed by atoms with van der Waals surface area (Å²) in [6.07, 6.45) is 0. The fraction of sp³-hybridized carbons (Fsp3) is 0.667. The van der Waals surface area contributed by atoms with Crippen LogP contribution in [0.2, 0.25) is 0 Å². The van der Waals surface area contributed by atoms with Crippen molar-refractivity contribution in [3.63, 3.8) is 0 Å². The smallest absolute Gasteiger partial charge is 0.306 e. The van der Waals surface area contributed by atoms with Gasteiger partial charge in [0.1, 0.15) is 0 Å². The molecule has 1 aliphatic rings. The first kappa shape index (κ1) is 12.1. The number of hydrogen-bond acceptors (Lipinski definition) is 3. The highest BCUT2D eigenvalue weighted by Crippen LogP contribution is 2.25. The maximum atomic E-state index is 10.8. The number of carboxylic acid groups (broad SMARTS) is 1. The standard InChI is InChI=1S/C12H19N3O2/c1-8-4-11(14(3)13-8)7-15-5-10(6-15)9(2)12(16)17/h4,9-10H,5-7H2,1-3H3,(H,16,17). The number of aromatic nitrogens is 2. The number of aryl methyl sites for hydroxylation is 2. The number of hydrogen-bond donors (Lipinski definition) is 1. The molecule has 0 amide bonds. The second-order valence-corrected chi connectivity index (χ2v) is 4.98. The molecule has 1 N–H and O–H groups in total. The minimum Gasteiger partial charge on any atom is -0.481 e. The van der Waals surface area contributed by atoms with Gasteiger partial charge in [0.25, 0.3) is 0 Å². The van der Waals surface area contributed by atoms with Gasteiger partial charge in [-0.15, -0.1) is 0 Å². The van der Waals surface area contributed by atoms with E-state index in [0.717, 1.165) is 25.3 Å². The van der Waals surface area contributed by atoms with Crippen LogP contribution in [0.15, 0.2) is 6.07 Å². The first-order valence-corrected chi connectivity index (χ1v) is 5.92. The zero-order valence-corrected chi connectivity index (χ0v) is 10.6. The van der Waals surface area contributed by atoms with Gasteiger partial charge in [0.05, 0.1) is 17.3 Å². The van der Waals surface area contributed by atoms with E-state index < -0.39 is 5.97 Å². The molecule has 1 unspecified atom stereocenters. The summed E-state index contributed by atoms with van der Waals surface area (Å²) in [4.78, 5) is 13.1. The lowest BCUT2D eigenvalue weighted by Gasteiger charge is -2.41. The monoisotopic (exact) mass is 237 g/mol. The van der Waals surface area contributed by atoms with Crippen LogP contribution < -0.4 is 0 Å². The first-order chi connectivity index (χ1) is 7.97. The SMILES string of the molecule is Cc1cc(CN2CC(C(C)C(=O)O)C2)n(C)n1. The summed E-state index contributed by atoms with van der Waals surface area (Å²) in [7, 11) is 1.94. The Morgan fingerprint density at radius 1 is 1.65 bits per heavy atom. The molecule has 1 aromatic heterocycles.